The molecule has 0 saturated carbocycles. The summed E-state index contributed by atoms with van der Waals surface area (Å²) in [6, 6.07) is 18.1. The number of amides is 2. The van der Waals surface area contributed by atoms with Gasteiger partial charge in [0.05, 0.1) is 18.8 Å². The van der Waals surface area contributed by atoms with Gasteiger partial charge in [0, 0.05) is 19.5 Å². The molecule has 0 unspecified atom stereocenters. The highest BCUT2D eigenvalue weighted by Gasteiger charge is 2.39. The highest BCUT2D eigenvalue weighted by Crippen LogP contribution is 2.32. The summed E-state index contributed by atoms with van der Waals surface area (Å²) in [5.41, 5.74) is 3.54. The maximum atomic E-state index is 13.0. The molecule has 2 atom stereocenters. The smallest absolute Gasteiger partial charge is 0.318 e. The largest absolute Gasteiger partial charge is 0.372 e. The van der Waals surface area contributed by atoms with E-state index in [1.807, 2.05) is 31.2 Å². The minimum atomic E-state index is -0.204. The van der Waals surface area contributed by atoms with Crippen LogP contribution in [0.5, 0.6) is 0 Å². The molecular weight excluding hydrogens is 390 g/mol. The predicted octanol–water partition coefficient (Wildman–Crippen LogP) is 3.71. The summed E-state index contributed by atoms with van der Waals surface area (Å²) < 4.78 is 6.17. The van der Waals surface area contributed by atoms with Crippen molar-refractivity contribution in [3.05, 3.63) is 82.9 Å². The molecule has 31 heavy (non-hydrogen) atoms. The van der Waals surface area contributed by atoms with Crippen LogP contribution >= 0.6 is 0 Å². The molecule has 3 aromatic rings. The lowest BCUT2D eigenvalue weighted by molar-refractivity contribution is 0.0483. The lowest BCUT2D eigenvalue weighted by Crippen LogP contribution is -2.41. The van der Waals surface area contributed by atoms with Gasteiger partial charge in [-0.25, -0.2) is 9.78 Å². The number of aromatic nitrogens is 3. The van der Waals surface area contributed by atoms with E-state index in [2.05, 4.69) is 57.8 Å². The number of nitrogens with one attached hydrogen (secondary N) is 2. The Morgan fingerprint density at radius 1 is 1.16 bits per heavy atom. The minimum absolute atomic E-state index is 0.0656. The van der Waals surface area contributed by atoms with Crippen LogP contribution in [0.25, 0.3) is 0 Å². The van der Waals surface area contributed by atoms with Crippen LogP contribution in [0.15, 0.2) is 54.6 Å². The second kappa shape index (κ2) is 9.75. The molecule has 7 nitrogen and oxygen atoms in total. The average molecular weight is 420 g/mol. The first-order chi connectivity index (χ1) is 15.1. The quantitative estimate of drug-likeness (QED) is 0.612. The molecule has 2 aromatic carbocycles. The lowest BCUT2D eigenvalue weighted by Gasteiger charge is -2.22. The van der Waals surface area contributed by atoms with E-state index in [1.165, 1.54) is 11.1 Å². The molecule has 2 heterocycles. The Labute approximate surface area is 182 Å². The third kappa shape index (κ3) is 5.49. The highest BCUT2D eigenvalue weighted by atomic mass is 16.5. The Balaban J connectivity index is 1.38. The van der Waals surface area contributed by atoms with Crippen molar-refractivity contribution in [2.24, 2.45) is 0 Å². The van der Waals surface area contributed by atoms with Crippen LogP contribution in [0, 0.1) is 13.8 Å². The number of rotatable bonds is 7. The summed E-state index contributed by atoms with van der Waals surface area (Å²) >= 11 is 0. The lowest BCUT2D eigenvalue weighted by atomic mass is 10.1. The van der Waals surface area contributed by atoms with E-state index >= 15 is 0 Å². The molecule has 0 spiro atoms. The highest BCUT2D eigenvalue weighted by molar-refractivity contribution is 5.75. The molecule has 162 valence electrons. The maximum Gasteiger partial charge on any atom is 0.318 e. The second-order valence-corrected chi connectivity index (χ2v) is 8.07. The Hall–Kier alpha value is -3.19. The molecule has 1 aliphatic rings. The van der Waals surface area contributed by atoms with Gasteiger partial charge in [-0.2, -0.15) is 5.10 Å². The van der Waals surface area contributed by atoms with E-state index in [1.54, 1.807) is 4.90 Å². The number of ether oxygens (including phenoxy) is 1. The standard InChI is InChI=1S/C24H29N5O2/c1-17-7-6-10-20(13-17)16-31-21-14-22(23-26-18(2)27-28-23)29(15-21)24(30)25-12-11-19-8-4-3-5-9-19/h3-10,13,21-22H,11-12,14-16H2,1-2H3,(H,25,30)(H,26,27,28)/t21-,22-/m0/s1. The van der Waals surface area contributed by atoms with Crippen LogP contribution in [-0.4, -0.2) is 45.3 Å². The number of urea groups is 1. The van der Waals surface area contributed by atoms with Crippen molar-refractivity contribution in [3.63, 3.8) is 0 Å². The summed E-state index contributed by atoms with van der Waals surface area (Å²) in [6.45, 7) is 5.55. The number of likely N-dealkylation sites (tertiary alicyclic amines) is 1. The number of hydrogen-bond donors (Lipinski definition) is 2. The number of H-pyrrole nitrogens is 1. The topological polar surface area (TPSA) is 83.1 Å². The van der Waals surface area contributed by atoms with Gasteiger partial charge in [0.25, 0.3) is 0 Å². The van der Waals surface area contributed by atoms with Crippen LogP contribution in [0.4, 0.5) is 4.79 Å². The van der Waals surface area contributed by atoms with Crippen molar-refractivity contribution in [2.75, 3.05) is 13.1 Å². The Kier molecular flexibility index (Phi) is 6.62. The number of carbonyl (C=O) groups is 1. The van der Waals surface area contributed by atoms with Gasteiger partial charge in [0.15, 0.2) is 5.82 Å². The fourth-order valence-electron chi connectivity index (χ4n) is 3.97. The van der Waals surface area contributed by atoms with Crippen molar-refractivity contribution >= 4 is 6.03 Å². The monoisotopic (exact) mass is 419 g/mol. The van der Waals surface area contributed by atoms with Gasteiger partial charge < -0.3 is 15.0 Å². The first-order valence-electron chi connectivity index (χ1n) is 10.7. The van der Waals surface area contributed by atoms with Gasteiger partial charge in [0.1, 0.15) is 5.82 Å². The molecule has 2 amide bonds. The van der Waals surface area contributed by atoms with Gasteiger partial charge in [-0.3, -0.25) is 5.10 Å². The van der Waals surface area contributed by atoms with Gasteiger partial charge >= 0.3 is 6.03 Å². The first-order valence-corrected chi connectivity index (χ1v) is 10.7. The molecule has 0 radical (unpaired) electrons. The van der Waals surface area contributed by atoms with Crippen molar-refractivity contribution < 1.29 is 9.53 Å². The van der Waals surface area contributed by atoms with E-state index < -0.39 is 0 Å². The van der Waals surface area contributed by atoms with Crippen molar-refractivity contribution in [3.8, 4) is 0 Å². The molecule has 2 N–H and O–H groups in total. The zero-order chi connectivity index (χ0) is 21.6. The van der Waals surface area contributed by atoms with Crippen LogP contribution in [0.2, 0.25) is 0 Å². The number of aryl methyl sites for hydroxylation is 2. The molecular formula is C24H29N5O2. The summed E-state index contributed by atoms with van der Waals surface area (Å²) in [7, 11) is 0. The first kappa shape index (κ1) is 21.1. The molecule has 0 bridgehead atoms. The molecule has 7 heteroatoms. The Morgan fingerprint density at radius 3 is 2.71 bits per heavy atom. The van der Waals surface area contributed by atoms with Crippen LogP contribution < -0.4 is 5.32 Å². The molecule has 1 saturated heterocycles. The van der Waals surface area contributed by atoms with Gasteiger partial charge in [-0.05, 0) is 31.4 Å². The summed E-state index contributed by atoms with van der Waals surface area (Å²) in [5, 5.41) is 10.2. The third-order valence-corrected chi connectivity index (χ3v) is 5.54. The normalized spacial score (nSPS) is 18.3. The molecule has 1 aromatic heterocycles. The molecule has 4 rings (SSSR count). The summed E-state index contributed by atoms with van der Waals surface area (Å²) in [5.74, 6) is 1.38. The SMILES string of the molecule is Cc1cccc(CO[C@H]2C[C@@H](c3n[nH]c(C)n3)N(C(=O)NCCc3ccccc3)C2)c1. The predicted molar refractivity (Wildman–Crippen MR) is 118 cm³/mol. The zero-order valence-corrected chi connectivity index (χ0v) is 18.0. The zero-order valence-electron chi connectivity index (χ0n) is 18.0. The van der Waals surface area contributed by atoms with Gasteiger partial charge in [0.2, 0.25) is 0 Å². The van der Waals surface area contributed by atoms with E-state index in [0.29, 0.717) is 31.9 Å². The van der Waals surface area contributed by atoms with E-state index in [9.17, 15) is 4.79 Å². The van der Waals surface area contributed by atoms with Crippen LogP contribution in [-0.2, 0) is 17.8 Å². The Bertz CT molecular complexity index is 1000. The molecule has 1 fully saturated rings. The maximum absolute atomic E-state index is 13.0. The van der Waals surface area contributed by atoms with E-state index in [4.69, 9.17) is 4.74 Å². The van der Waals surface area contributed by atoms with Crippen LogP contribution in [0.1, 0.15) is 40.8 Å². The van der Waals surface area contributed by atoms with Gasteiger partial charge in [-0.15, -0.1) is 0 Å². The summed E-state index contributed by atoms with van der Waals surface area (Å²) in [4.78, 5) is 19.3. The minimum Gasteiger partial charge on any atom is -0.372 e. The van der Waals surface area contributed by atoms with Crippen molar-refractivity contribution in [2.45, 2.75) is 45.4 Å². The van der Waals surface area contributed by atoms with Gasteiger partial charge in [-0.1, -0.05) is 60.2 Å². The fourth-order valence-corrected chi connectivity index (χ4v) is 3.97. The average Bonchev–Trinajstić information content (AvgIpc) is 3.39. The molecule has 1 aliphatic heterocycles. The fraction of sp³-hybridized carbons (Fsp3) is 0.375. The second-order valence-electron chi connectivity index (χ2n) is 8.07. The molecule has 0 aliphatic carbocycles. The third-order valence-electron chi connectivity index (χ3n) is 5.54. The van der Waals surface area contributed by atoms with E-state index in [-0.39, 0.29) is 18.2 Å². The number of aromatic amines is 1. The number of benzene rings is 2. The van der Waals surface area contributed by atoms with Crippen molar-refractivity contribution in [1.29, 1.82) is 0 Å². The number of nitrogens with zero attached hydrogens (tertiary/aromatic N) is 3. The number of carbonyl (C=O) groups excluding carboxylic acids is 1. The Morgan fingerprint density at radius 2 is 1.97 bits per heavy atom. The van der Waals surface area contributed by atoms with E-state index in [0.717, 1.165) is 17.8 Å². The van der Waals surface area contributed by atoms with Crippen molar-refractivity contribution in [1.82, 2.24) is 25.4 Å². The van der Waals surface area contributed by atoms with Crippen LogP contribution in [0.3, 0.4) is 0 Å². The number of hydrogen-bond acceptors (Lipinski definition) is 4. The summed E-state index contributed by atoms with van der Waals surface area (Å²) in [6.07, 6.45) is 1.40.